The summed E-state index contributed by atoms with van der Waals surface area (Å²) in [5.41, 5.74) is 1.81. The molecule has 0 saturated carbocycles. The number of ether oxygens (including phenoxy) is 1. The highest BCUT2D eigenvalue weighted by atomic mass is 16.5. The van der Waals surface area contributed by atoms with Crippen molar-refractivity contribution in [1.29, 1.82) is 0 Å². The average molecular weight is 296 g/mol. The van der Waals surface area contributed by atoms with Gasteiger partial charge in [-0.3, -0.25) is 0 Å². The summed E-state index contributed by atoms with van der Waals surface area (Å²) in [6.45, 7) is 0. The lowest BCUT2D eigenvalue weighted by atomic mass is 10.2. The SMILES string of the molecule is COc1ccc(-c2noc(-c3ccccc3)n2)cc1.O=C=O. The summed E-state index contributed by atoms with van der Waals surface area (Å²) in [7, 11) is 1.64. The van der Waals surface area contributed by atoms with Crippen LogP contribution in [0.1, 0.15) is 0 Å². The van der Waals surface area contributed by atoms with E-state index in [1.54, 1.807) is 7.11 Å². The third kappa shape index (κ3) is 3.65. The predicted octanol–water partition coefficient (Wildman–Crippen LogP) is 2.83. The summed E-state index contributed by atoms with van der Waals surface area (Å²) >= 11 is 0. The summed E-state index contributed by atoms with van der Waals surface area (Å²) in [4.78, 5) is 20.6. The molecule has 22 heavy (non-hydrogen) atoms. The fourth-order valence-corrected chi connectivity index (χ4v) is 1.78. The van der Waals surface area contributed by atoms with Gasteiger partial charge in [-0.15, -0.1) is 0 Å². The van der Waals surface area contributed by atoms with Crippen LogP contribution in [0.2, 0.25) is 0 Å². The maximum absolute atomic E-state index is 8.12. The molecule has 1 aromatic heterocycles. The van der Waals surface area contributed by atoms with Gasteiger partial charge in [0.1, 0.15) is 5.75 Å². The molecule has 0 aliphatic heterocycles. The van der Waals surface area contributed by atoms with E-state index in [9.17, 15) is 0 Å². The van der Waals surface area contributed by atoms with Crippen molar-refractivity contribution in [3.8, 4) is 28.6 Å². The van der Waals surface area contributed by atoms with E-state index in [4.69, 9.17) is 18.8 Å². The highest BCUT2D eigenvalue weighted by Gasteiger charge is 2.09. The van der Waals surface area contributed by atoms with Crippen molar-refractivity contribution in [2.45, 2.75) is 0 Å². The van der Waals surface area contributed by atoms with Crippen molar-refractivity contribution in [3.05, 3.63) is 54.6 Å². The van der Waals surface area contributed by atoms with Gasteiger partial charge in [0.15, 0.2) is 0 Å². The number of benzene rings is 2. The van der Waals surface area contributed by atoms with Crippen LogP contribution in [-0.2, 0) is 9.59 Å². The molecule has 6 nitrogen and oxygen atoms in total. The predicted molar refractivity (Wildman–Crippen MR) is 76.7 cm³/mol. The van der Waals surface area contributed by atoms with Crippen molar-refractivity contribution >= 4 is 6.15 Å². The smallest absolute Gasteiger partial charge is 0.373 e. The van der Waals surface area contributed by atoms with Crippen LogP contribution in [0.4, 0.5) is 0 Å². The van der Waals surface area contributed by atoms with Crippen molar-refractivity contribution in [1.82, 2.24) is 10.1 Å². The van der Waals surface area contributed by atoms with Gasteiger partial charge < -0.3 is 9.26 Å². The molecule has 110 valence electrons. The Morgan fingerprint density at radius 1 is 0.955 bits per heavy atom. The van der Waals surface area contributed by atoms with Gasteiger partial charge >= 0.3 is 6.15 Å². The van der Waals surface area contributed by atoms with Crippen LogP contribution in [0.3, 0.4) is 0 Å². The van der Waals surface area contributed by atoms with Crippen molar-refractivity contribution in [2.24, 2.45) is 0 Å². The van der Waals surface area contributed by atoms with Gasteiger partial charge in [-0.05, 0) is 36.4 Å². The van der Waals surface area contributed by atoms with E-state index < -0.39 is 0 Å². The zero-order chi connectivity index (χ0) is 15.8. The molecular weight excluding hydrogens is 284 g/mol. The second-order valence-electron chi connectivity index (χ2n) is 4.10. The van der Waals surface area contributed by atoms with Gasteiger partial charge in [0.2, 0.25) is 5.82 Å². The molecule has 0 bridgehead atoms. The van der Waals surface area contributed by atoms with Gasteiger partial charge in [0.25, 0.3) is 5.89 Å². The Morgan fingerprint density at radius 3 is 2.18 bits per heavy atom. The summed E-state index contributed by atoms with van der Waals surface area (Å²) in [6.07, 6.45) is 0.250. The lowest BCUT2D eigenvalue weighted by Gasteiger charge is -1.98. The van der Waals surface area contributed by atoms with E-state index in [0.717, 1.165) is 16.9 Å². The first-order valence-electron chi connectivity index (χ1n) is 6.31. The molecule has 0 atom stereocenters. The second kappa shape index (κ2) is 7.52. The van der Waals surface area contributed by atoms with Gasteiger partial charge in [-0.2, -0.15) is 14.6 Å². The van der Waals surface area contributed by atoms with E-state index in [2.05, 4.69) is 10.1 Å². The standard InChI is InChI=1S/C15H12N2O2.CO2/c1-18-13-9-7-11(8-10-13)14-16-15(19-17-14)12-5-3-2-4-6-12;2-1-3/h2-10H,1H3;. The molecule has 0 fully saturated rings. The zero-order valence-electron chi connectivity index (χ0n) is 11.7. The number of methoxy groups -OCH3 is 1. The number of rotatable bonds is 3. The van der Waals surface area contributed by atoms with Gasteiger partial charge in [-0.25, -0.2) is 0 Å². The Hall–Kier alpha value is -3.24. The number of aromatic nitrogens is 2. The Bertz CT molecular complexity index is 745. The molecule has 6 heteroatoms. The van der Waals surface area contributed by atoms with Crippen LogP contribution >= 0.6 is 0 Å². The minimum atomic E-state index is 0.250. The molecule has 0 amide bonds. The van der Waals surface area contributed by atoms with E-state index in [1.807, 2.05) is 54.6 Å². The Balaban J connectivity index is 0.000000545. The average Bonchev–Trinajstić information content (AvgIpc) is 3.06. The summed E-state index contributed by atoms with van der Waals surface area (Å²) in [5.74, 6) is 1.89. The fourth-order valence-electron chi connectivity index (χ4n) is 1.78. The van der Waals surface area contributed by atoms with Gasteiger partial charge in [-0.1, -0.05) is 23.4 Å². The topological polar surface area (TPSA) is 82.3 Å². The highest BCUT2D eigenvalue weighted by molar-refractivity contribution is 5.60. The van der Waals surface area contributed by atoms with Crippen LogP contribution in [-0.4, -0.2) is 23.4 Å². The number of nitrogens with zero attached hydrogens (tertiary/aromatic N) is 2. The molecule has 0 unspecified atom stereocenters. The Kier molecular flexibility index (Phi) is 5.18. The van der Waals surface area contributed by atoms with Gasteiger partial charge in [0, 0.05) is 11.1 Å². The fraction of sp³-hybridized carbons (Fsp3) is 0.0625. The van der Waals surface area contributed by atoms with Crippen LogP contribution in [0.15, 0.2) is 59.1 Å². The quantitative estimate of drug-likeness (QED) is 0.739. The summed E-state index contributed by atoms with van der Waals surface area (Å²) < 4.78 is 10.4. The van der Waals surface area contributed by atoms with Crippen molar-refractivity contribution in [3.63, 3.8) is 0 Å². The number of hydrogen-bond donors (Lipinski definition) is 0. The van der Waals surface area contributed by atoms with Gasteiger partial charge in [0.05, 0.1) is 7.11 Å². The van der Waals surface area contributed by atoms with Crippen LogP contribution < -0.4 is 4.74 Å². The first-order valence-corrected chi connectivity index (χ1v) is 6.31. The molecule has 0 aliphatic carbocycles. The first kappa shape index (κ1) is 15.2. The van der Waals surface area contributed by atoms with E-state index in [0.29, 0.717) is 11.7 Å². The molecule has 3 aromatic rings. The summed E-state index contributed by atoms with van der Waals surface area (Å²) in [5, 5.41) is 3.99. The molecule has 0 radical (unpaired) electrons. The maximum Gasteiger partial charge on any atom is 0.373 e. The summed E-state index contributed by atoms with van der Waals surface area (Å²) in [6, 6.07) is 17.2. The highest BCUT2D eigenvalue weighted by Crippen LogP contribution is 2.23. The van der Waals surface area contributed by atoms with Crippen LogP contribution in [0, 0.1) is 0 Å². The Morgan fingerprint density at radius 2 is 1.59 bits per heavy atom. The molecule has 0 aliphatic rings. The molecule has 0 spiro atoms. The van der Waals surface area contributed by atoms with Crippen LogP contribution in [0.5, 0.6) is 5.75 Å². The first-order chi connectivity index (χ1) is 10.8. The lowest BCUT2D eigenvalue weighted by molar-refractivity contribution is -0.191. The molecule has 0 saturated heterocycles. The second-order valence-corrected chi connectivity index (χ2v) is 4.10. The van der Waals surface area contributed by atoms with Crippen molar-refractivity contribution in [2.75, 3.05) is 7.11 Å². The largest absolute Gasteiger partial charge is 0.497 e. The third-order valence-electron chi connectivity index (χ3n) is 2.79. The Labute approximate surface area is 126 Å². The molecule has 1 heterocycles. The van der Waals surface area contributed by atoms with E-state index >= 15 is 0 Å². The minimum absolute atomic E-state index is 0.250. The van der Waals surface area contributed by atoms with Crippen molar-refractivity contribution < 1.29 is 18.8 Å². The normalized spacial score (nSPS) is 9.32. The number of carbonyl (C=O) groups excluding carboxylic acids is 2. The monoisotopic (exact) mass is 296 g/mol. The molecular formula is C16H12N2O4. The zero-order valence-corrected chi connectivity index (χ0v) is 11.7. The third-order valence-corrected chi connectivity index (χ3v) is 2.79. The van der Waals surface area contributed by atoms with Crippen LogP contribution in [0.25, 0.3) is 22.8 Å². The molecule has 3 rings (SSSR count). The van der Waals surface area contributed by atoms with E-state index in [-0.39, 0.29) is 6.15 Å². The number of hydrogen-bond acceptors (Lipinski definition) is 6. The minimum Gasteiger partial charge on any atom is -0.497 e. The lowest BCUT2D eigenvalue weighted by Crippen LogP contribution is -1.84. The molecule has 0 N–H and O–H groups in total. The maximum atomic E-state index is 8.12. The van der Waals surface area contributed by atoms with E-state index in [1.165, 1.54) is 0 Å². The molecule has 2 aromatic carbocycles.